The van der Waals surface area contributed by atoms with Gasteiger partial charge < -0.3 is 19.9 Å². The van der Waals surface area contributed by atoms with Crippen LogP contribution in [0.5, 0.6) is 0 Å². The van der Waals surface area contributed by atoms with Gasteiger partial charge in [0.1, 0.15) is 0 Å². The SMILES string of the molecule is COC(=O)C1=C(C)N=C2SC=C(CC(=O)NCCN3CCCCC3)N2C1c1ccccc1. The van der Waals surface area contributed by atoms with Gasteiger partial charge in [-0.15, -0.1) is 0 Å². The number of carbonyl (C=O) groups is 2. The second-order valence-corrected chi connectivity index (χ2v) is 9.06. The first kappa shape index (κ1) is 22.6. The van der Waals surface area contributed by atoms with Crippen LogP contribution in [0, 0.1) is 0 Å². The van der Waals surface area contributed by atoms with Gasteiger partial charge in [0.25, 0.3) is 0 Å². The van der Waals surface area contributed by atoms with Crippen molar-refractivity contribution >= 4 is 28.8 Å². The predicted molar refractivity (Wildman–Crippen MR) is 127 cm³/mol. The van der Waals surface area contributed by atoms with Crippen LogP contribution in [0.2, 0.25) is 0 Å². The number of nitrogens with one attached hydrogen (secondary N) is 1. The average Bonchev–Trinajstić information content (AvgIpc) is 3.20. The summed E-state index contributed by atoms with van der Waals surface area (Å²) in [5.74, 6) is -0.422. The topological polar surface area (TPSA) is 74.2 Å². The van der Waals surface area contributed by atoms with E-state index in [2.05, 4.69) is 15.2 Å². The number of fused-ring (bicyclic) bond motifs is 1. The summed E-state index contributed by atoms with van der Waals surface area (Å²) in [5.41, 5.74) is 2.94. The molecule has 1 aromatic rings. The van der Waals surface area contributed by atoms with Gasteiger partial charge in [-0.25, -0.2) is 9.79 Å². The molecule has 7 nitrogen and oxygen atoms in total. The molecule has 0 aromatic heterocycles. The van der Waals surface area contributed by atoms with Crippen LogP contribution in [0.15, 0.2) is 57.7 Å². The number of likely N-dealkylation sites (tertiary alicyclic amines) is 1. The summed E-state index contributed by atoms with van der Waals surface area (Å²) in [4.78, 5) is 34.5. The number of piperidine rings is 1. The Morgan fingerprint density at radius 1 is 1.19 bits per heavy atom. The van der Waals surface area contributed by atoms with Crippen LogP contribution in [-0.4, -0.2) is 60.1 Å². The molecule has 0 saturated carbocycles. The van der Waals surface area contributed by atoms with Gasteiger partial charge in [-0.05, 0) is 43.8 Å². The summed E-state index contributed by atoms with van der Waals surface area (Å²) in [6.45, 7) is 5.60. The number of rotatable bonds is 7. The Labute approximate surface area is 193 Å². The minimum absolute atomic E-state index is 0.0205. The molecule has 3 aliphatic heterocycles. The van der Waals surface area contributed by atoms with Crippen LogP contribution in [0.4, 0.5) is 0 Å². The van der Waals surface area contributed by atoms with Crippen molar-refractivity contribution in [1.82, 2.24) is 15.1 Å². The van der Waals surface area contributed by atoms with E-state index in [9.17, 15) is 9.59 Å². The van der Waals surface area contributed by atoms with Gasteiger partial charge in [0.2, 0.25) is 5.91 Å². The van der Waals surface area contributed by atoms with Crippen molar-refractivity contribution < 1.29 is 14.3 Å². The van der Waals surface area contributed by atoms with Crippen LogP contribution in [0.25, 0.3) is 0 Å². The number of thioether (sulfide) groups is 1. The normalized spacial score (nSPS) is 21.1. The standard InChI is InChI=1S/C24H30N4O3S/c1-17-21(23(30)31-2)22(18-9-5-3-6-10-18)28-19(16-32-24(28)26-17)15-20(29)25-11-14-27-12-7-4-8-13-27/h3,5-6,9-10,16,22H,4,7-8,11-15H2,1-2H3,(H,25,29). The van der Waals surface area contributed by atoms with E-state index < -0.39 is 5.97 Å². The first-order valence-electron chi connectivity index (χ1n) is 11.1. The molecule has 1 atom stereocenters. The fourth-order valence-electron chi connectivity index (χ4n) is 4.45. The summed E-state index contributed by atoms with van der Waals surface area (Å²) in [5, 5.41) is 5.80. The fourth-order valence-corrected chi connectivity index (χ4v) is 5.42. The largest absolute Gasteiger partial charge is 0.466 e. The molecule has 8 heteroatoms. The molecular weight excluding hydrogens is 424 g/mol. The van der Waals surface area contributed by atoms with E-state index in [0.717, 1.165) is 36.1 Å². The summed E-state index contributed by atoms with van der Waals surface area (Å²) in [7, 11) is 1.38. The van der Waals surface area contributed by atoms with Crippen molar-refractivity contribution in [3.63, 3.8) is 0 Å². The highest BCUT2D eigenvalue weighted by Crippen LogP contribution is 2.44. The molecule has 170 valence electrons. The fraction of sp³-hybridized carbons (Fsp3) is 0.458. The van der Waals surface area contributed by atoms with E-state index in [4.69, 9.17) is 4.74 Å². The maximum atomic E-state index is 12.7. The lowest BCUT2D eigenvalue weighted by molar-refractivity contribution is -0.136. The lowest BCUT2D eigenvalue weighted by Gasteiger charge is -2.36. The maximum absolute atomic E-state index is 12.7. The van der Waals surface area contributed by atoms with Crippen molar-refractivity contribution in [2.75, 3.05) is 33.3 Å². The molecule has 0 bridgehead atoms. The van der Waals surface area contributed by atoms with Crippen LogP contribution in [0.1, 0.15) is 44.2 Å². The number of methoxy groups -OCH3 is 1. The summed E-state index contributed by atoms with van der Waals surface area (Å²) < 4.78 is 5.08. The number of hydrogen-bond acceptors (Lipinski definition) is 7. The number of benzene rings is 1. The monoisotopic (exact) mass is 454 g/mol. The number of ether oxygens (including phenoxy) is 1. The number of hydrogen-bond donors (Lipinski definition) is 1. The van der Waals surface area contributed by atoms with E-state index in [0.29, 0.717) is 17.8 Å². The third kappa shape index (κ3) is 4.91. The van der Waals surface area contributed by atoms with Crippen molar-refractivity contribution in [2.45, 2.75) is 38.6 Å². The van der Waals surface area contributed by atoms with E-state index in [-0.39, 0.29) is 18.4 Å². The smallest absolute Gasteiger partial charge is 0.338 e. The number of amides is 1. The Morgan fingerprint density at radius 2 is 1.94 bits per heavy atom. The minimum Gasteiger partial charge on any atom is -0.466 e. The van der Waals surface area contributed by atoms with Gasteiger partial charge >= 0.3 is 5.97 Å². The van der Waals surface area contributed by atoms with Crippen molar-refractivity contribution in [3.05, 3.63) is 58.3 Å². The van der Waals surface area contributed by atoms with Gasteiger partial charge in [-0.2, -0.15) is 0 Å². The minimum atomic E-state index is -0.401. The highest BCUT2D eigenvalue weighted by Gasteiger charge is 2.40. The Bertz CT molecular complexity index is 951. The summed E-state index contributed by atoms with van der Waals surface area (Å²) >= 11 is 1.49. The number of nitrogens with zero attached hydrogens (tertiary/aromatic N) is 3. The van der Waals surface area contributed by atoms with Crippen LogP contribution >= 0.6 is 11.8 Å². The molecule has 3 aliphatic rings. The maximum Gasteiger partial charge on any atom is 0.338 e. The average molecular weight is 455 g/mol. The molecule has 1 N–H and O–H groups in total. The molecule has 1 amide bonds. The van der Waals surface area contributed by atoms with Gasteiger partial charge in [0.05, 0.1) is 30.8 Å². The molecule has 0 aliphatic carbocycles. The lowest BCUT2D eigenvalue weighted by Crippen LogP contribution is -2.39. The number of carbonyl (C=O) groups excluding carboxylic acids is 2. The molecular formula is C24H30N4O3S. The molecule has 3 heterocycles. The van der Waals surface area contributed by atoms with Crippen LogP contribution in [0.3, 0.4) is 0 Å². The Kier molecular flexibility index (Phi) is 7.32. The molecule has 0 spiro atoms. The predicted octanol–water partition coefficient (Wildman–Crippen LogP) is 3.43. The summed E-state index contributed by atoms with van der Waals surface area (Å²) in [6, 6.07) is 9.45. The number of amidine groups is 1. The van der Waals surface area contributed by atoms with Gasteiger partial charge in [0, 0.05) is 18.8 Å². The van der Waals surface area contributed by atoms with E-state index in [1.807, 2.05) is 47.6 Å². The van der Waals surface area contributed by atoms with Crippen LogP contribution in [-0.2, 0) is 14.3 Å². The molecule has 1 fully saturated rings. The second kappa shape index (κ2) is 10.4. The zero-order valence-corrected chi connectivity index (χ0v) is 19.5. The highest BCUT2D eigenvalue weighted by atomic mass is 32.2. The van der Waals surface area contributed by atoms with E-state index in [1.54, 1.807) is 0 Å². The first-order valence-corrected chi connectivity index (χ1v) is 12.0. The zero-order chi connectivity index (χ0) is 22.5. The summed E-state index contributed by atoms with van der Waals surface area (Å²) in [6.07, 6.45) is 4.03. The Hall–Kier alpha value is -2.58. The third-order valence-electron chi connectivity index (χ3n) is 6.06. The molecule has 0 radical (unpaired) electrons. The number of esters is 1. The molecule has 32 heavy (non-hydrogen) atoms. The second-order valence-electron chi connectivity index (χ2n) is 8.22. The van der Waals surface area contributed by atoms with Gasteiger partial charge in [-0.1, -0.05) is 48.5 Å². The first-order chi connectivity index (χ1) is 15.6. The Balaban J connectivity index is 1.48. The van der Waals surface area contributed by atoms with Crippen molar-refractivity contribution in [3.8, 4) is 0 Å². The molecule has 1 unspecified atom stereocenters. The molecule has 1 saturated heterocycles. The van der Waals surface area contributed by atoms with Gasteiger partial charge in [-0.3, -0.25) is 4.79 Å². The van der Waals surface area contributed by atoms with E-state index >= 15 is 0 Å². The molecule has 1 aromatic carbocycles. The Morgan fingerprint density at radius 3 is 2.66 bits per heavy atom. The van der Waals surface area contributed by atoms with Crippen molar-refractivity contribution in [1.29, 1.82) is 0 Å². The quantitative estimate of drug-likeness (QED) is 0.637. The van der Waals surface area contributed by atoms with Crippen molar-refractivity contribution in [2.24, 2.45) is 4.99 Å². The highest BCUT2D eigenvalue weighted by molar-refractivity contribution is 8.16. The van der Waals surface area contributed by atoms with Crippen LogP contribution < -0.4 is 5.32 Å². The van der Waals surface area contributed by atoms with Gasteiger partial charge in [0.15, 0.2) is 5.17 Å². The van der Waals surface area contributed by atoms with E-state index in [1.165, 1.54) is 38.1 Å². The number of allylic oxidation sites excluding steroid dienone is 1. The zero-order valence-electron chi connectivity index (χ0n) is 18.7. The third-order valence-corrected chi connectivity index (χ3v) is 6.95. The molecule has 4 rings (SSSR count). The number of aliphatic imine (C=N–C) groups is 1. The lowest BCUT2D eigenvalue weighted by atomic mass is 9.94.